The van der Waals surface area contributed by atoms with Crippen LogP contribution in [0.3, 0.4) is 0 Å². The Balaban J connectivity index is 2.00. The van der Waals surface area contributed by atoms with Crippen molar-refractivity contribution in [3.63, 3.8) is 0 Å². The van der Waals surface area contributed by atoms with Crippen molar-refractivity contribution in [2.75, 3.05) is 13.1 Å². The molecule has 5 heteroatoms. The zero-order chi connectivity index (χ0) is 17.4. The summed E-state index contributed by atoms with van der Waals surface area (Å²) < 4.78 is 0. The van der Waals surface area contributed by atoms with Gasteiger partial charge in [0.15, 0.2) is 0 Å². The molecule has 5 nitrogen and oxygen atoms in total. The lowest BCUT2D eigenvalue weighted by Crippen LogP contribution is -2.43. The van der Waals surface area contributed by atoms with Gasteiger partial charge in [-0.3, -0.25) is 9.59 Å². The van der Waals surface area contributed by atoms with E-state index < -0.39 is 0 Å². The van der Waals surface area contributed by atoms with Gasteiger partial charge in [-0.05, 0) is 37.8 Å². The molecule has 0 aromatic heterocycles. The van der Waals surface area contributed by atoms with E-state index in [0.717, 1.165) is 31.2 Å². The molecule has 0 bridgehead atoms. The molecule has 1 saturated carbocycles. The SMILES string of the molecule is Cc1cccc(C(=O)NCC(C(=O)NCC#N)C2CCCCC2)c1. The van der Waals surface area contributed by atoms with Crippen LogP contribution in [0, 0.1) is 30.1 Å². The number of hydrogen-bond donors (Lipinski definition) is 2. The van der Waals surface area contributed by atoms with Crippen molar-refractivity contribution in [3.8, 4) is 6.07 Å². The maximum atomic E-state index is 12.4. The summed E-state index contributed by atoms with van der Waals surface area (Å²) in [5.74, 6) is -0.289. The smallest absolute Gasteiger partial charge is 0.251 e. The van der Waals surface area contributed by atoms with Crippen molar-refractivity contribution in [3.05, 3.63) is 35.4 Å². The summed E-state index contributed by atoms with van der Waals surface area (Å²) in [4.78, 5) is 24.7. The van der Waals surface area contributed by atoms with E-state index in [1.54, 1.807) is 6.07 Å². The fourth-order valence-electron chi connectivity index (χ4n) is 3.36. The first-order chi connectivity index (χ1) is 11.6. The summed E-state index contributed by atoms with van der Waals surface area (Å²) in [6.45, 7) is 2.26. The quantitative estimate of drug-likeness (QED) is 0.788. The lowest BCUT2D eigenvalue weighted by atomic mass is 9.79. The van der Waals surface area contributed by atoms with Crippen LogP contribution >= 0.6 is 0 Å². The Morgan fingerprint density at radius 1 is 1.25 bits per heavy atom. The molecule has 2 N–H and O–H groups in total. The summed E-state index contributed by atoms with van der Waals surface area (Å²) in [5.41, 5.74) is 1.63. The predicted octanol–water partition coefficient (Wildman–Crippen LogP) is 2.56. The third-order valence-electron chi connectivity index (χ3n) is 4.66. The van der Waals surface area contributed by atoms with E-state index in [4.69, 9.17) is 5.26 Å². The van der Waals surface area contributed by atoms with Crippen LogP contribution in [0.25, 0.3) is 0 Å². The molecule has 24 heavy (non-hydrogen) atoms. The number of carbonyl (C=O) groups excluding carboxylic acids is 2. The Morgan fingerprint density at radius 3 is 2.67 bits per heavy atom. The largest absolute Gasteiger partial charge is 0.351 e. The molecule has 1 fully saturated rings. The van der Waals surface area contributed by atoms with Crippen LogP contribution in [0.5, 0.6) is 0 Å². The highest BCUT2D eigenvalue weighted by Gasteiger charge is 2.29. The summed E-state index contributed by atoms with van der Waals surface area (Å²) >= 11 is 0. The fraction of sp³-hybridized carbons (Fsp3) is 0.526. The van der Waals surface area contributed by atoms with Gasteiger partial charge in [-0.1, -0.05) is 37.0 Å². The Morgan fingerprint density at radius 2 is 2.00 bits per heavy atom. The van der Waals surface area contributed by atoms with Gasteiger partial charge in [-0.15, -0.1) is 0 Å². The monoisotopic (exact) mass is 327 g/mol. The first kappa shape index (κ1) is 18.0. The number of nitrogens with zero attached hydrogens (tertiary/aromatic N) is 1. The van der Waals surface area contributed by atoms with E-state index in [9.17, 15) is 9.59 Å². The molecule has 1 aliphatic rings. The number of rotatable bonds is 6. The Hall–Kier alpha value is -2.35. The van der Waals surface area contributed by atoms with Crippen LogP contribution in [0.2, 0.25) is 0 Å². The van der Waals surface area contributed by atoms with Crippen LogP contribution in [-0.2, 0) is 4.79 Å². The van der Waals surface area contributed by atoms with Crippen molar-refractivity contribution in [1.29, 1.82) is 5.26 Å². The second kappa shape index (κ2) is 9.07. The van der Waals surface area contributed by atoms with Gasteiger partial charge in [0.05, 0.1) is 12.0 Å². The lowest BCUT2D eigenvalue weighted by Gasteiger charge is -2.29. The Bertz CT molecular complexity index is 615. The van der Waals surface area contributed by atoms with E-state index in [1.165, 1.54) is 6.42 Å². The molecular formula is C19H25N3O2. The maximum absolute atomic E-state index is 12.4. The number of aryl methyl sites for hydroxylation is 1. The standard InChI is InChI=1S/C19H25N3O2/c1-14-6-5-9-16(12-14)18(23)22-13-17(19(24)21-11-10-20)15-7-3-2-4-8-15/h5-6,9,12,15,17H,2-4,7-8,11,13H2,1H3,(H,21,24)(H,22,23). The molecule has 2 rings (SSSR count). The molecule has 0 heterocycles. The van der Waals surface area contributed by atoms with Gasteiger partial charge in [-0.2, -0.15) is 5.26 Å². The van der Waals surface area contributed by atoms with E-state index in [-0.39, 0.29) is 30.2 Å². The molecule has 1 aromatic carbocycles. The maximum Gasteiger partial charge on any atom is 0.251 e. The zero-order valence-electron chi connectivity index (χ0n) is 14.2. The van der Waals surface area contributed by atoms with E-state index in [0.29, 0.717) is 12.1 Å². The molecule has 2 amide bonds. The minimum Gasteiger partial charge on any atom is -0.351 e. The lowest BCUT2D eigenvalue weighted by molar-refractivity contribution is -0.126. The molecular weight excluding hydrogens is 302 g/mol. The van der Waals surface area contributed by atoms with Gasteiger partial charge in [0.2, 0.25) is 5.91 Å². The van der Waals surface area contributed by atoms with E-state index in [1.807, 2.05) is 31.2 Å². The van der Waals surface area contributed by atoms with Gasteiger partial charge in [0.25, 0.3) is 5.91 Å². The summed E-state index contributed by atoms with van der Waals surface area (Å²) in [7, 11) is 0. The highest BCUT2D eigenvalue weighted by atomic mass is 16.2. The second-order valence-electron chi connectivity index (χ2n) is 6.46. The van der Waals surface area contributed by atoms with Gasteiger partial charge in [-0.25, -0.2) is 0 Å². The molecule has 1 unspecified atom stereocenters. The van der Waals surface area contributed by atoms with Crippen molar-refractivity contribution < 1.29 is 9.59 Å². The molecule has 0 aliphatic heterocycles. The number of hydrogen-bond acceptors (Lipinski definition) is 3. The normalized spacial score (nSPS) is 16.0. The average Bonchev–Trinajstić information content (AvgIpc) is 2.60. The summed E-state index contributed by atoms with van der Waals surface area (Å²) in [5, 5.41) is 14.2. The number of nitrogens with one attached hydrogen (secondary N) is 2. The highest BCUT2D eigenvalue weighted by molar-refractivity contribution is 5.94. The fourth-order valence-corrected chi connectivity index (χ4v) is 3.36. The molecule has 0 radical (unpaired) electrons. The summed E-state index contributed by atoms with van der Waals surface area (Å²) in [6.07, 6.45) is 5.46. The number of nitriles is 1. The molecule has 0 saturated heterocycles. The van der Waals surface area contributed by atoms with Crippen LogP contribution in [-0.4, -0.2) is 24.9 Å². The van der Waals surface area contributed by atoms with Crippen LogP contribution in [0.1, 0.15) is 48.0 Å². The van der Waals surface area contributed by atoms with Gasteiger partial charge < -0.3 is 10.6 Å². The third-order valence-corrected chi connectivity index (χ3v) is 4.66. The Labute approximate surface area is 143 Å². The average molecular weight is 327 g/mol. The molecule has 1 atom stereocenters. The van der Waals surface area contributed by atoms with Crippen LogP contribution in [0.4, 0.5) is 0 Å². The van der Waals surface area contributed by atoms with Crippen LogP contribution in [0.15, 0.2) is 24.3 Å². The number of carbonyl (C=O) groups is 2. The topological polar surface area (TPSA) is 82.0 Å². The molecule has 1 aromatic rings. The summed E-state index contributed by atoms with van der Waals surface area (Å²) in [6, 6.07) is 9.33. The van der Waals surface area contributed by atoms with Crippen molar-refractivity contribution in [1.82, 2.24) is 10.6 Å². The minimum atomic E-state index is -0.271. The van der Waals surface area contributed by atoms with Crippen molar-refractivity contribution in [2.45, 2.75) is 39.0 Å². The first-order valence-electron chi connectivity index (χ1n) is 8.61. The third kappa shape index (κ3) is 5.09. The highest BCUT2D eigenvalue weighted by Crippen LogP contribution is 2.30. The number of benzene rings is 1. The molecule has 0 spiro atoms. The first-order valence-corrected chi connectivity index (χ1v) is 8.61. The van der Waals surface area contributed by atoms with Gasteiger partial charge >= 0.3 is 0 Å². The predicted molar refractivity (Wildman–Crippen MR) is 92.2 cm³/mol. The van der Waals surface area contributed by atoms with E-state index in [2.05, 4.69) is 10.6 Å². The van der Waals surface area contributed by atoms with Gasteiger partial charge in [0.1, 0.15) is 6.54 Å². The van der Waals surface area contributed by atoms with Gasteiger partial charge in [0, 0.05) is 12.1 Å². The Kier molecular flexibility index (Phi) is 6.80. The van der Waals surface area contributed by atoms with Crippen molar-refractivity contribution in [2.24, 2.45) is 11.8 Å². The second-order valence-corrected chi connectivity index (χ2v) is 6.46. The van der Waals surface area contributed by atoms with Crippen LogP contribution < -0.4 is 10.6 Å². The van der Waals surface area contributed by atoms with E-state index >= 15 is 0 Å². The molecule has 128 valence electrons. The molecule has 1 aliphatic carbocycles. The zero-order valence-corrected chi connectivity index (χ0v) is 14.2. The van der Waals surface area contributed by atoms with Crippen molar-refractivity contribution >= 4 is 11.8 Å². The minimum absolute atomic E-state index is 0.00782. The number of amides is 2.